The largest absolute Gasteiger partial charge is 0.384 e. The molecule has 12 heavy (non-hydrogen) atoms. The topological polar surface area (TPSA) is 12.0 Å². The molecule has 0 radical (unpaired) electrons. The predicted molar refractivity (Wildman–Crippen MR) is 52.6 cm³/mol. The third-order valence-corrected chi connectivity index (χ3v) is 2.48. The van der Waals surface area contributed by atoms with E-state index >= 15 is 0 Å². The average Bonchev–Trinajstić information content (AvgIpc) is 2.53. The Bertz CT molecular complexity index is 278. The first kappa shape index (κ1) is 7.66. The first-order chi connectivity index (χ1) is 5.92. The molecule has 0 saturated heterocycles. The van der Waals surface area contributed by atoms with E-state index in [0.29, 0.717) is 0 Å². The monoisotopic (exact) mass is 161 g/mol. The van der Waals surface area contributed by atoms with Gasteiger partial charge in [-0.15, -0.1) is 0 Å². The number of rotatable bonds is 2. The molecule has 0 bridgehead atoms. The summed E-state index contributed by atoms with van der Waals surface area (Å²) in [5.74, 6) is 0. The summed E-state index contributed by atoms with van der Waals surface area (Å²) in [4.78, 5) is 0. The molecule has 1 heteroatoms. The standard InChI is InChI=1S/C11H15N/c1-2-4-9-5-3-6-11-10(9)7-8-12-11/h3,5-6,12H,2,4,7-8H2,1H3. The Balaban J connectivity index is 2.36. The molecule has 0 fully saturated rings. The predicted octanol–water partition coefficient (Wildman–Crippen LogP) is 2.61. The lowest BCUT2D eigenvalue weighted by molar-refractivity contribution is 0.904. The molecule has 1 aromatic carbocycles. The van der Waals surface area contributed by atoms with E-state index < -0.39 is 0 Å². The molecule has 0 atom stereocenters. The van der Waals surface area contributed by atoms with Crippen LogP contribution >= 0.6 is 0 Å². The number of anilines is 1. The fourth-order valence-electron chi connectivity index (χ4n) is 1.92. The van der Waals surface area contributed by atoms with Crippen LogP contribution in [0.15, 0.2) is 18.2 Å². The van der Waals surface area contributed by atoms with E-state index in [4.69, 9.17) is 0 Å². The second kappa shape index (κ2) is 3.18. The average molecular weight is 161 g/mol. The van der Waals surface area contributed by atoms with Gasteiger partial charge in [0.1, 0.15) is 0 Å². The second-order valence-electron chi connectivity index (χ2n) is 3.37. The van der Waals surface area contributed by atoms with Crippen LogP contribution in [0.5, 0.6) is 0 Å². The van der Waals surface area contributed by atoms with Gasteiger partial charge in [0.2, 0.25) is 0 Å². The minimum absolute atomic E-state index is 1.12. The third-order valence-electron chi connectivity index (χ3n) is 2.48. The lowest BCUT2D eigenvalue weighted by Crippen LogP contribution is -1.90. The van der Waals surface area contributed by atoms with Crippen LogP contribution < -0.4 is 5.32 Å². The lowest BCUT2D eigenvalue weighted by atomic mass is 10.0. The first-order valence-electron chi connectivity index (χ1n) is 4.76. The lowest BCUT2D eigenvalue weighted by Gasteiger charge is -2.05. The smallest absolute Gasteiger partial charge is 0.0376 e. The van der Waals surface area contributed by atoms with Gasteiger partial charge >= 0.3 is 0 Å². The van der Waals surface area contributed by atoms with E-state index in [1.165, 1.54) is 24.9 Å². The van der Waals surface area contributed by atoms with Crippen molar-refractivity contribution >= 4 is 5.69 Å². The van der Waals surface area contributed by atoms with Crippen LogP contribution in [0.2, 0.25) is 0 Å². The van der Waals surface area contributed by atoms with Crippen molar-refractivity contribution in [3.05, 3.63) is 29.3 Å². The second-order valence-corrected chi connectivity index (χ2v) is 3.37. The Morgan fingerprint density at radius 3 is 3.17 bits per heavy atom. The summed E-state index contributed by atoms with van der Waals surface area (Å²) >= 11 is 0. The number of fused-ring (bicyclic) bond motifs is 1. The van der Waals surface area contributed by atoms with Crippen molar-refractivity contribution in [2.24, 2.45) is 0 Å². The molecule has 1 aliphatic rings. The zero-order valence-electron chi connectivity index (χ0n) is 7.56. The van der Waals surface area contributed by atoms with Crippen molar-refractivity contribution in [1.29, 1.82) is 0 Å². The van der Waals surface area contributed by atoms with E-state index in [9.17, 15) is 0 Å². The van der Waals surface area contributed by atoms with Gasteiger partial charge in [0, 0.05) is 12.2 Å². The van der Waals surface area contributed by atoms with Crippen LogP contribution in [0, 0.1) is 0 Å². The Kier molecular flexibility index (Phi) is 2.03. The van der Waals surface area contributed by atoms with Gasteiger partial charge in [0.05, 0.1) is 0 Å². The van der Waals surface area contributed by atoms with E-state index in [-0.39, 0.29) is 0 Å². The van der Waals surface area contributed by atoms with Crippen LogP contribution in [0.3, 0.4) is 0 Å². The molecule has 2 rings (SSSR count). The number of hydrogen-bond acceptors (Lipinski definition) is 1. The van der Waals surface area contributed by atoms with Gasteiger partial charge in [-0.25, -0.2) is 0 Å². The fourth-order valence-corrected chi connectivity index (χ4v) is 1.92. The maximum atomic E-state index is 3.40. The molecular formula is C11H15N. The third kappa shape index (κ3) is 1.20. The van der Waals surface area contributed by atoms with E-state index in [1.54, 1.807) is 11.1 Å². The molecule has 1 heterocycles. The van der Waals surface area contributed by atoms with Gasteiger partial charge in [-0.05, 0) is 30.0 Å². The van der Waals surface area contributed by atoms with Crippen LogP contribution in [0.1, 0.15) is 24.5 Å². The van der Waals surface area contributed by atoms with Crippen molar-refractivity contribution in [1.82, 2.24) is 0 Å². The maximum Gasteiger partial charge on any atom is 0.0376 e. The highest BCUT2D eigenvalue weighted by molar-refractivity contribution is 5.58. The Labute approximate surface area is 73.8 Å². The quantitative estimate of drug-likeness (QED) is 0.703. The van der Waals surface area contributed by atoms with Crippen molar-refractivity contribution in [2.75, 3.05) is 11.9 Å². The van der Waals surface area contributed by atoms with Crippen molar-refractivity contribution in [3.8, 4) is 0 Å². The number of aryl methyl sites for hydroxylation is 1. The van der Waals surface area contributed by atoms with Crippen LogP contribution in [0.4, 0.5) is 5.69 Å². The Morgan fingerprint density at radius 1 is 1.42 bits per heavy atom. The van der Waals surface area contributed by atoms with Gasteiger partial charge in [0.25, 0.3) is 0 Å². The summed E-state index contributed by atoms with van der Waals surface area (Å²) in [7, 11) is 0. The Morgan fingerprint density at radius 2 is 2.33 bits per heavy atom. The number of nitrogens with one attached hydrogen (secondary N) is 1. The van der Waals surface area contributed by atoms with Gasteiger partial charge < -0.3 is 5.32 Å². The summed E-state index contributed by atoms with van der Waals surface area (Å²) in [6.45, 7) is 3.36. The zero-order chi connectivity index (χ0) is 8.39. The molecule has 0 spiro atoms. The first-order valence-corrected chi connectivity index (χ1v) is 4.76. The van der Waals surface area contributed by atoms with Crippen molar-refractivity contribution in [2.45, 2.75) is 26.2 Å². The molecule has 1 N–H and O–H groups in total. The molecular weight excluding hydrogens is 146 g/mol. The number of hydrogen-bond donors (Lipinski definition) is 1. The summed E-state index contributed by atoms with van der Waals surface area (Å²) in [6, 6.07) is 6.60. The summed E-state index contributed by atoms with van der Waals surface area (Å²) in [5.41, 5.74) is 4.46. The van der Waals surface area contributed by atoms with Crippen LogP contribution in [-0.4, -0.2) is 6.54 Å². The molecule has 1 aromatic rings. The molecule has 1 aliphatic heterocycles. The van der Waals surface area contributed by atoms with E-state index in [1.807, 2.05) is 0 Å². The van der Waals surface area contributed by atoms with Gasteiger partial charge in [-0.1, -0.05) is 25.5 Å². The normalized spacial score (nSPS) is 14.1. The number of benzene rings is 1. The highest BCUT2D eigenvalue weighted by Gasteiger charge is 2.12. The summed E-state index contributed by atoms with van der Waals surface area (Å²) in [6.07, 6.45) is 3.69. The molecule has 1 nitrogen and oxygen atoms in total. The van der Waals surface area contributed by atoms with E-state index in [2.05, 4.69) is 30.4 Å². The fraction of sp³-hybridized carbons (Fsp3) is 0.455. The molecule has 0 aromatic heterocycles. The minimum atomic E-state index is 1.12. The molecule has 0 saturated carbocycles. The minimum Gasteiger partial charge on any atom is -0.384 e. The van der Waals surface area contributed by atoms with Crippen LogP contribution in [0.25, 0.3) is 0 Å². The van der Waals surface area contributed by atoms with Gasteiger partial charge in [-0.2, -0.15) is 0 Å². The molecule has 0 amide bonds. The molecule has 0 unspecified atom stereocenters. The highest BCUT2D eigenvalue weighted by atomic mass is 14.9. The summed E-state index contributed by atoms with van der Waals surface area (Å²) < 4.78 is 0. The molecule has 0 aliphatic carbocycles. The SMILES string of the molecule is CCCc1cccc2c1CCN2. The zero-order valence-corrected chi connectivity index (χ0v) is 7.56. The van der Waals surface area contributed by atoms with Crippen LogP contribution in [-0.2, 0) is 12.8 Å². The van der Waals surface area contributed by atoms with E-state index in [0.717, 1.165) is 6.54 Å². The highest BCUT2D eigenvalue weighted by Crippen LogP contribution is 2.25. The van der Waals surface area contributed by atoms with Gasteiger partial charge in [0.15, 0.2) is 0 Å². The Hall–Kier alpha value is -0.980. The summed E-state index contributed by atoms with van der Waals surface area (Å²) in [5, 5.41) is 3.40. The van der Waals surface area contributed by atoms with Gasteiger partial charge in [-0.3, -0.25) is 0 Å². The van der Waals surface area contributed by atoms with Crippen molar-refractivity contribution < 1.29 is 0 Å². The molecule has 64 valence electrons. The van der Waals surface area contributed by atoms with Crippen molar-refractivity contribution in [3.63, 3.8) is 0 Å². The maximum absolute atomic E-state index is 3.40.